The first kappa shape index (κ1) is 14.8. The number of benzene rings is 1. The molecule has 0 radical (unpaired) electrons. The number of carbonyl (C=O) groups excluding carboxylic acids is 1. The second kappa shape index (κ2) is 6.23. The Morgan fingerprint density at radius 2 is 1.90 bits per heavy atom. The fourth-order valence-electron chi connectivity index (χ4n) is 1.67. The predicted molar refractivity (Wildman–Crippen MR) is 80.0 cm³/mol. The lowest BCUT2D eigenvalue weighted by Crippen LogP contribution is -2.21. The van der Waals surface area contributed by atoms with E-state index in [4.69, 9.17) is 16.7 Å². The largest absolute Gasteiger partial charge is 0.476 e. The highest BCUT2D eigenvalue weighted by atomic mass is 35.5. The number of nitrogens with one attached hydrogen (secondary N) is 2. The van der Waals surface area contributed by atoms with Gasteiger partial charge < -0.3 is 15.7 Å². The third-order valence-corrected chi connectivity index (χ3v) is 2.94. The standard InChI is InChI=1S/C14H12ClN3O3/c1-8-4-5-10(9(15)7-8)17-14(21)18-11-3-2-6-16-12(11)13(19)20/h2-7H,1H3,(H,19,20)(H2,17,18,21). The molecule has 0 aliphatic carbocycles. The number of halogens is 1. The number of aromatic nitrogens is 1. The summed E-state index contributed by atoms with van der Waals surface area (Å²) >= 11 is 6.01. The van der Waals surface area contributed by atoms with Gasteiger partial charge >= 0.3 is 12.0 Å². The monoisotopic (exact) mass is 305 g/mol. The van der Waals surface area contributed by atoms with Gasteiger partial charge in [-0.2, -0.15) is 0 Å². The Bertz CT molecular complexity index is 704. The molecule has 108 valence electrons. The van der Waals surface area contributed by atoms with Crippen molar-refractivity contribution in [2.45, 2.75) is 6.92 Å². The molecule has 0 atom stereocenters. The number of anilines is 2. The highest BCUT2D eigenvalue weighted by molar-refractivity contribution is 6.33. The average molecular weight is 306 g/mol. The minimum Gasteiger partial charge on any atom is -0.476 e. The zero-order valence-corrected chi connectivity index (χ0v) is 11.8. The predicted octanol–water partition coefficient (Wildman–Crippen LogP) is 3.39. The number of carbonyl (C=O) groups is 2. The van der Waals surface area contributed by atoms with Crippen molar-refractivity contribution in [2.24, 2.45) is 0 Å². The number of pyridine rings is 1. The van der Waals surface area contributed by atoms with Crippen molar-refractivity contribution < 1.29 is 14.7 Å². The summed E-state index contributed by atoms with van der Waals surface area (Å²) in [5.41, 5.74) is 1.26. The van der Waals surface area contributed by atoms with Crippen molar-refractivity contribution in [2.75, 3.05) is 10.6 Å². The van der Waals surface area contributed by atoms with Crippen molar-refractivity contribution in [1.82, 2.24) is 4.98 Å². The van der Waals surface area contributed by atoms with E-state index in [9.17, 15) is 9.59 Å². The van der Waals surface area contributed by atoms with Gasteiger partial charge in [-0.3, -0.25) is 0 Å². The molecule has 0 unspecified atom stereocenters. The number of amides is 2. The summed E-state index contributed by atoms with van der Waals surface area (Å²) < 4.78 is 0. The number of hydrogen-bond acceptors (Lipinski definition) is 3. The highest BCUT2D eigenvalue weighted by Crippen LogP contribution is 2.23. The molecule has 0 bridgehead atoms. The summed E-state index contributed by atoms with van der Waals surface area (Å²) in [5, 5.41) is 14.4. The van der Waals surface area contributed by atoms with E-state index in [0.29, 0.717) is 10.7 Å². The number of aryl methyl sites for hydroxylation is 1. The van der Waals surface area contributed by atoms with Crippen LogP contribution in [0.3, 0.4) is 0 Å². The first-order valence-corrected chi connectivity index (χ1v) is 6.37. The summed E-state index contributed by atoms with van der Waals surface area (Å²) in [4.78, 5) is 26.6. The Balaban J connectivity index is 2.14. The topological polar surface area (TPSA) is 91.3 Å². The smallest absolute Gasteiger partial charge is 0.356 e. The Morgan fingerprint density at radius 3 is 2.57 bits per heavy atom. The molecule has 1 heterocycles. The third kappa shape index (κ3) is 3.70. The van der Waals surface area contributed by atoms with Crippen LogP contribution in [-0.2, 0) is 0 Å². The molecule has 0 saturated carbocycles. The van der Waals surface area contributed by atoms with E-state index in [1.165, 1.54) is 18.3 Å². The minimum atomic E-state index is -1.22. The van der Waals surface area contributed by atoms with E-state index in [-0.39, 0.29) is 11.4 Å². The van der Waals surface area contributed by atoms with Crippen molar-refractivity contribution in [1.29, 1.82) is 0 Å². The van der Waals surface area contributed by atoms with Crippen molar-refractivity contribution in [3.8, 4) is 0 Å². The van der Waals surface area contributed by atoms with Gasteiger partial charge in [0.1, 0.15) is 0 Å². The lowest BCUT2D eigenvalue weighted by Gasteiger charge is -2.10. The molecule has 2 amide bonds. The van der Waals surface area contributed by atoms with Gasteiger partial charge in [0.2, 0.25) is 0 Å². The fourth-order valence-corrected chi connectivity index (χ4v) is 1.96. The van der Waals surface area contributed by atoms with Gasteiger partial charge in [0.25, 0.3) is 0 Å². The summed E-state index contributed by atoms with van der Waals surface area (Å²) in [5.74, 6) is -1.22. The van der Waals surface area contributed by atoms with Gasteiger partial charge in [-0.15, -0.1) is 0 Å². The summed E-state index contributed by atoms with van der Waals surface area (Å²) in [6.07, 6.45) is 1.34. The molecule has 0 spiro atoms. The molecule has 1 aromatic carbocycles. The van der Waals surface area contributed by atoms with Gasteiger partial charge in [0, 0.05) is 6.20 Å². The zero-order valence-electron chi connectivity index (χ0n) is 11.1. The van der Waals surface area contributed by atoms with Crippen LogP contribution in [-0.4, -0.2) is 22.1 Å². The molecule has 0 aliphatic rings. The lowest BCUT2D eigenvalue weighted by molar-refractivity contribution is 0.0692. The van der Waals surface area contributed by atoms with Crippen LogP contribution in [0.25, 0.3) is 0 Å². The molecule has 6 nitrogen and oxygen atoms in total. The Morgan fingerprint density at radius 1 is 1.19 bits per heavy atom. The van der Waals surface area contributed by atoms with Crippen LogP contribution in [0.4, 0.5) is 16.2 Å². The Labute approximate surface area is 125 Å². The van der Waals surface area contributed by atoms with Crippen LogP contribution in [0.5, 0.6) is 0 Å². The quantitative estimate of drug-likeness (QED) is 0.810. The van der Waals surface area contributed by atoms with Crippen LogP contribution >= 0.6 is 11.6 Å². The lowest BCUT2D eigenvalue weighted by atomic mass is 10.2. The number of carboxylic acids is 1. The molecule has 2 aromatic rings. The first-order chi connectivity index (χ1) is 9.97. The maximum atomic E-state index is 11.9. The van der Waals surface area contributed by atoms with Gasteiger partial charge in [-0.05, 0) is 36.8 Å². The number of rotatable bonds is 3. The van der Waals surface area contributed by atoms with E-state index in [1.54, 1.807) is 18.2 Å². The van der Waals surface area contributed by atoms with E-state index < -0.39 is 12.0 Å². The zero-order chi connectivity index (χ0) is 15.4. The molecule has 0 aliphatic heterocycles. The van der Waals surface area contributed by atoms with E-state index in [2.05, 4.69) is 15.6 Å². The van der Waals surface area contributed by atoms with Crippen LogP contribution in [0.15, 0.2) is 36.5 Å². The van der Waals surface area contributed by atoms with Crippen molar-refractivity contribution in [3.05, 3.63) is 52.8 Å². The maximum Gasteiger partial charge on any atom is 0.356 e. The number of aromatic carboxylic acids is 1. The van der Waals surface area contributed by atoms with Crippen LogP contribution in [0, 0.1) is 6.92 Å². The SMILES string of the molecule is Cc1ccc(NC(=O)Nc2cccnc2C(=O)O)c(Cl)c1. The molecule has 3 N–H and O–H groups in total. The minimum absolute atomic E-state index is 0.103. The summed E-state index contributed by atoms with van der Waals surface area (Å²) in [7, 11) is 0. The molecule has 0 fully saturated rings. The summed E-state index contributed by atoms with van der Waals surface area (Å²) in [6, 6.07) is 7.56. The van der Waals surface area contributed by atoms with Gasteiger partial charge in [0.05, 0.1) is 16.4 Å². The van der Waals surface area contributed by atoms with Crippen LogP contribution < -0.4 is 10.6 Å². The summed E-state index contributed by atoms with van der Waals surface area (Å²) in [6.45, 7) is 1.88. The second-order valence-electron chi connectivity index (χ2n) is 4.27. The third-order valence-electron chi connectivity index (χ3n) is 2.63. The number of nitrogens with zero attached hydrogens (tertiary/aromatic N) is 1. The van der Waals surface area contributed by atoms with Crippen molar-refractivity contribution in [3.63, 3.8) is 0 Å². The molecule has 2 rings (SSSR count). The van der Waals surface area contributed by atoms with E-state index in [1.807, 2.05) is 6.92 Å². The number of carboxylic acid groups (broad SMARTS) is 1. The van der Waals surface area contributed by atoms with Gasteiger partial charge in [-0.1, -0.05) is 17.7 Å². The molecular formula is C14H12ClN3O3. The number of urea groups is 1. The van der Waals surface area contributed by atoms with E-state index in [0.717, 1.165) is 5.56 Å². The van der Waals surface area contributed by atoms with Gasteiger partial charge in [-0.25, -0.2) is 14.6 Å². The Hall–Kier alpha value is -2.60. The first-order valence-electron chi connectivity index (χ1n) is 6.00. The molecule has 0 saturated heterocycles. The van der Waals surface area contributed by atoms with Crippen LogP contribution in [0.2, 0.25) is 5.02 Å². The van der Waals surface area contributed by atoms with Crippen LogP contribution in [0.1, 0.15) is 16.1 Å². The molecule has 7 heteroatoms. The Kier molecular flexibility index (Phi) is 4.39. The molecule has 1 aromatic heterocycles. The average Bonchev–Trinajstić information content (AvgIpc) is 2.42. The fraction of sp³-hybridized carbons (Fsp3) is 0.0714. The second-order valence-corrected chi connectivity index (χ2v) is 4.67. The van der Waals surface area contributed by atoms with Crippen molar-refractivity contribution >= 4 is 35.0 Å². The van der Waals surface area contributed by atoms with E-state index >= 15 is 0 Å². The van der Waals surface area contributed by atoms with Gasteiger partial charge in [0.15, 0.2) is 5.69 Å². The normalized spacial score (nSPS) is 10.0. The maximum absolute atomic E-state index is 11.9. The highest BCUT2D eigenvalue weighted by Gasteiger charge is 2.13. The number of hydrogen-bond donors (Lipinski definition) is 3. The molecular weight excluding hydrogens is 294 g/mol. The molecule has 21 heavy (non-hydrogen) atoms.